The Balaban J connectivity index is 2.12. The number of nitrogens with zero attached hydrogens (tertiary/aromatic N) is 3. The molecule has 0 radical (unpaired) electrons. The Hall–Kier alpha value is -1.35. The summed E-state index contributed by atoms with van der Waals surface area (Å²) in [7, 11) is 0.315. The van der Waals surface area contributed by atoms with E-state index in [1.165, 1.54) is 4.90 Å². The highest BCUT2D eigenvalue weighted by atomic mass is 32.2. The van der Waals surface area contributed by atoms with Crippen molar-refractivity contribution < 1.29 is 22.7 Å². The molecule has 0 unspecified atom stereocenters. The molecule has 138 valence electrons. The van der Waals surface area contributed by atoms with Crippen LogP contribution in [0.3, 0.4) is 0 Å². The Morgan fingerprint density at radius 3 is 2.29 bits per heavy atom. The molecule has 9 heteroatoms. The van der Waals surface area contributed by atoms with Crippen LogP contribution in [0.5, 0.6) is 0 Å². The number of ether oxygens (including phenoxy) is 1. The standard InChI is InChI=1S/C15H27N3O5S/c1-4-5-8-23-15(20)18-7-6-17(14(19)9-16(2)3)12-10-24(21,22)11-13(12)18/h12-13H,4-11H2,1-3H3/t12-,13+/m0/s1. The molecule has 0 saturated carbocycles. The van der Waals surface area contributed by atoms with Crippen molar-refractivity contribution in [1.82, 2.24) is 14.7 Å². The molecule has 2 atom stereocenters. The third-order valence-corrected chi connectivity index (χ3v) is 6.10. The van der Waals surface area contributed by atoms with E-state index in [0.29, 0.717) is 19.7 Å². The molecule has 0 bridgehead atoms. The lowest BCUT2D eigenvalue weighted by Crippen LogP contribution is -2.62. The first-order valence-corrected chi connectivity index (χ1v) is 10.2. The lowest BCUT2D eigenvalue weighted by atomic mass is 10.1. The molecule has 2 rings (SSSR count). The number of hydrogen-bond acceptors (Lipinski definition) is 6. The van der Waals surface area contributed by atoms with Gasteiger partial charge in [0.05, 0.1) is 36.7 Å². The van der Waals surface area contributed by atoms with Crippen molar-refractivity contribution >= 4 is 21.8 Å². The normalized spacial score (nSPS) is 25.7. The number of likely N-dealkylation sites (N-methyl/N-ethyl adjacent to an activating group) is 1. The van der Waals surface area contributed by atoms with E-state index in [2.05, 4.69) is 0 Å². The minimum absolute atomic E-state index is 0.0877. The second kappa shape index (κ2) is 7.69. The van der Waals surface area contributed by atoms with E-state index < -0.39 is 28.0 Å². The SMILES string of the molecule is CCCCOC(=O)N1CCN(C(=O)CN(C)C)[C@H]2CS(=O)(=O)C[C@H]21. The summed E-state index contributed by atoms with van der Waals surface area (Å²) in [5.41, 5.74) is 0. The predicted octanol–water partition coefficient (Wildman–Crippen LogP) is -0.205. The van der Waals surface area contributed by atoms with Crippen LogP contribution in [0.4, 0.5) is 4.79 Å². The molecule has 0 aromatic carbocycles. The molecule has 0 aromatic rings. The Morgan fingerprint density at radius 1 is 1.12 bits per heavy atom. The number of fused-ring (bicyclic) bond motifs is 1. The zero-order valence-electron chi connectivity index (χ0n) is 14.6. The number of amides is 2. The van der Waals surface area contributed by atoms with Gasteiger partial charge in [-0.25, -0.2) is 13.2 Å². The molecule has 8 nitrogen and oxygen atoms in total. The van der Waals surface area contributed by atoms with Crippen LogP contribution < -0.4 is 0 Å². The predicted molar refractivity (Wildman–Crippen MR) is 89.5 cm³/mol. The lowest BCUT2D eigenvalue weighted by molar-refractivity contribution is -0.137. The average molecular weight is 361 g/mol. The quantitative estimate of drug-likeness (QED) is 0.630. The van der Waals surface area contributed by atoms with Gasteiger partial charge in [-0.15, -0.1) is 0 Å². The Morgan fingerprint density at radius 2 is 1.71 bits per heavy atom. The zero-order valence-corrected chi connectivity index (χ0v) is 15.4. The molecule has 2 heterocycles. The minimum Gasteiger partial charge on any atom is -0.449 e. The topological polar surface area (TPSA) is 87.2 Å². The first-order chi connectivity index (χ1) is 11.2. The number of sulfone groups is 1. The molecule has 2 aliphatic rings. The maximum absolute atomic E-state index is 12.4. The van der Waals surface area contributed by atoms with E-state index in [1.807, 2.05) is 6.92 Å². The molecule has 0 spiro atoms. The number of piperazine rings is 1. The molecule has 0 aliphatic carbocycles. The van der Waals surface area contributed by atoms with E-state index in [9.17, 15) is 18.0 Å². The van der Waals surface area contributed by atoms with Gasteiger partial charge in [-0.05, 0) is 20.5 Å². The number of carbonyl (C=O) groups excluding carboxylic acids is 2. The summed E-state index contributed by atoms with van der Waals surface area (Å²) in [6, 6.07) is -0.987. The maximum Gasteiger partial charge on any atom is 0.410 e. The van der Waals surface area contributed by atoms with Gasteiger partial charge in [0.1, 0.15) is 0 Å². The van der Waals surface area contributed by atoms with Crippen LogP contribution in [0.15, 0.2) is 0 Å². The van der Waals surface area contributed by atoms with Gasteiger partial charge in [-0.1, -0.05) is 13.3 Å². The highest BCUT2D eigenvalue weighted by Gasteiger charge is 2.49. The summed E-state index contributed by atoms with van der Waals surface area (Å²) in [5, 5.41) is 0. The highest BCUT2D eigenvalue weighted by molar-refractivity contribution is 7.91. The van der Waals surface area contributed by atoms with Crippen LogP contribution >= 0.6 is 0 Å². The van der Waals surface area contributed by atoms with Gasteiger partial charge in [0, 0.05) is 13.1 Å². The fourth-order valence-corrected chi connectivity index (χ4v) is 5.22. The van der Waals surface area contributed by atoms with Gasteiger partial charge in [-0.3, -0.25) is 4.79 Å². The van der Waals surface area contributed by atoms with Crippen LogP contribution in [-0.4, -0.2) is 99.0 Å². The first-order valence-electron chi connectivity index (χ1n) is 8.33. The van der Waals surface area contributed by atoms with E-state index >= 15 is 0 Å². The van der Waals surface area contributed by atoms with Gasteiger partial charge in [-0.2, -0.15) is 0 Å². The maximum atomic E-state index is 12.4. The Labute approximate surface area is 143 Å². The third-order valence-electron chi connectivity index (χ3n) is 4.41. The highest BCUT2D eigenvalue weighted by Crippen LogP contribution is 2.27. The van der Waals surface area contributed by atoms with Gasteiger partial charge in [0.2, 0.25) is 5.91 Å². The Bertz CT molecular complexity index is 578. The van der Waals surface area contributed by atoms with E-state index in [1.54, 1.807) is 23.9 Å². The Kier molecular flexibility index (Phi) is 6.08. The van der Waals surface area contributed by atoms with Crippen molar-refractivity contribution in [2.24, 2.45) is 0 Å². The van der Waals surface area contributed by atoms with Crippen LogP contribution in [0.2, 0.25) is 0 Å². The minimum atomic E-state index is -3.27. The number of unbranched alkanes of at least 4 members (excludes halogenated alkanes) is 1. The molecule has 2 amide bonds. The van der Waals surface area contributed by atoms with Crippen molar-refractivity contribution in [3.05, 3.63) is 0 Å². The van der Waals surface area contributed by atoms with Gasteiger partial charge in [0.15, 0.2) is 9.84 Å². The second-order valence-corrected chi connectivity index (χ2v) is 8.85. The van der Waals surface area contributed by atoms with Gasteiger partial charge in [0.25, 0.3) is 0 Å². The average Bonchev–Trinajstić information content (AvgIpc) is 2.80. The third kappa shape index (κ3) is 4.38. The number of carbonyl (C=O) groups is 2. The summed E-state index contributed by atoms with van der Waals surface area (Å²) < 4.78 is 29.4. The molecule has 0 N–H and O–H groups in total. The van der Waals surface area contributed by atoms with Crippen LogP contribution in [0, 0.1) is 0 Å². The summed E-state index contributed by atoms with van der Waals surface area (Å²) >= 11 is 0. The second-order valence-electron chi connectivity index (χ2n) is 6.70. The summed E-state index contributed by atoms with van der Waals surface area (Å²) in [6.45, 7) is 3.21. The van der Waals surface area contributed by atoms with Crippen LogP contribution in [0.1, 0.15) is 19.8 Å². The molecular formula is C15H27N3O5S. The monoisotopic (exact) mass is 361 g/mol. The van der Waals surface area contributed by atoms with Crippen LogP contribution in [0.25, 0.3) is 0 Å². The number of hydrogen-bond donors (Lipinski definition) is 0. The molecule has 2 saturated heterocycles. The fraction of sp³-hybridized carbons (Fsp3) is 0.867. The van der Waals surface area contributed by atoms with Crippen molar-refractivity contribution in [1.29, 1.82) is 0 Å². The van der Waals surface area contributed by atoms with E-state index in [-0.39, 0.29) is 24.0 Å². The van der Waals surface area contributed by atoms with E-state index in [0.717, 1.165) is 12.8 Å². The van der Waals surface area contributed by atoms with E-state index in [4.69, 9.17) is 4.74 Å². The van der Waals surface area contributed by atoms with Crippen LogP contribution in [-0.2, 0) is 19.4 Å². The summed E-state index contributed by atoms with van der Waals surface area (Å²) in [4.78, 5) is 29.5. The van der Waals surface area contributed by atoms with Gasteiger partial charge >= 0.3 is 6.09 Å². The molecule has 2 aliphatic heterocycles. The van der Waals surface area contributed by atoms with Crippen molar-refractivity contribution in [3.8, 4) is 0 Å². The molecule has 2 fully saturated rings. The molecule has 24 heavy (non-hydrogen) atoms. The van der Waals surface area contributed by atoms with Crippen molar-refractivity contribution in [2.75, 3.05) is 51.8 Å². The zero-order chi connectivity index (χ0) is 17.9. The van der Waals surface area contributed by atoms with Gasteiger partial charge < -0.3 is 19.4 Å². The summed E-state index contributed by atoms with van der Waals surface area (Å²) in [5.74, 6) is -0.298. The smallest absolute Gasteiger partial charge is 0.410 e. The largest absolute Gasteiger partial charge is 0.449 e. The molecular weight excluding hydrogens is 334 g/mol. The fourth-order valence-electron chi connectivity index (χ4n) is 3.24. The first kappa shape index (κ1) is 19.0. The van der Waals surface area contributed by atoms with Crippen molar-refractivity contribution in [3.63, 3.8) is 0 Å². The number of rotatable bonds is 5. The van der Waals surface area contributed by atoms with Crippen molar-refractivity contribution in [2.45, 2.75) is 31.8 Å². The summed E-state index contributed by atoms with van der Waals surface area (Å²) in [6.07, 6.45) is 1.22. The molecule has 0 aromatic heterocycles. The lowest BCUT2D eigenvalue weighted by Gasteiger charge is -2.43.